The number of alkyl halides is 3. The van der Waals surface area contributed by atoms with E-state index in [1.807, 2.05) is 0 Å². The predicted octanol–water partition coefficient (Wildman–Crippen LogP) is 2.72. The van der Waals surface area contributed by atoms with Crippen LogP contribution < -0.4 is 10.1 Å². The van der Waals surface area contributed by atoms with Gasteiger partial charge in [0.2, 0.25) is 0 Å². The van der Waals surface area contributed by atoms with E-state index in [1.165, 1.54) is 26.0 Å². The Kier molecular flexibility index (Phi) is 4.22. The molecule has 0 aliphatic carbocycles. The Morgan fingerprint density at radius 1 is 1.17 bits per heavy atom. The molecule has 1 saturated heterocycles. The van der Waals surface area contributed by atoms with Gasteiger partial charge in [-0.15, -0.1) is 13.2 Å². The fourth-order valence-electron chi connectivity index (χ4n) is 1.72. The highest BCUT2D eigenvalue weighted by Crippen LogP contribution is 2.26. The molecule has 1 N–H and O–H groups in total. The lowest BCUT2D eigenvalue weighted by molar-refractivity contribution is -0.274. The maximum absolute atomic E-state index is 12.1. The standard InChI is InChI=1S/C14H12F3NO5/c1-13(2)22-11(19)10(12(20)23-13)7-18-8-4-3-5-9(6-8)21-14(15,16)17/h3-7,18H,1-2H3. The van der Waals surface area contributed by atoms with Crippen molar-refractivity contribution in [1.82, 2.24) is 0 Å². The van der Waals surface area contributed by atoms with E-state index in [0.717, 1.165) is 18.3 Å². The zero-order chi connectivity index (χ0) is 17.3. The van der Waals surface area contributed by atoms with Crippen molar-refractivity contribution >= 4 is 17.6 Å². The number of carbonyl (C=O) groups is 2. The van der Waals surface area contributed by atoms with Crippen LogP contribution in [-0.4, -0.2) is 24.1 Å². The van der Waals surface area contributed by atoms with Crippen molar-refractivity contribution in [2.45, 2.75) is 26.0 Å². The van der Waals surface area contributed by atoms with E-state index in [2.05, 4.69) is 10.1 Å². The Morgan fingerprint density at radius 3 is 2.35 bits per heavy atom. The largest absolute Gasteiger partial charge is 0.573 e. The molecule has 9 heteroatoms. The molecule has 0 spiro atoms. The van der Waals surface area contributed by atoms with Crippen LogP contribution in [0.2, 0.25) is 0 Å². The lowest BCUT2D eigenvalue weighted by atomic mass is 10.2. The molecular weight excluding hydrogens is 319 g/mol. The molecule has 0 aromatic heterocycles. The summed E-state index contributed by atoms with van der Waals surface area (Å²) in [6, 6.07) is 4.89. The number of hydrogen-bond donors (Lipinski definition) is 1. The molecule has 1 aromatic carbocycles. The van der Waals surface area contributed by atoms with E-state index in [-0.39, 0.29) is 5.69 Å². The van der Waals surface area contributed by atoms with Gasteiger partial charge in [0.25, 0.3) is 5.79 Å². The molecule has 23 heavy (non-hydrogen) atoms. The summed E-state index contributed by atoms with van der Waals surface area (Å²) in [5.41, 5.74) is -0.240. The van der Waals surface area contributed by atoms with Crippen molar-refractivity contribution in [1.29, 1.82) is 0 Å². The van der Waals surface area contributed by atoms with Gasteiger partial charge in [-0.2, -0.15) is 0 Å². The Labute approximate surface area is 128 Å². The smallest absolute Gasteiger partial charge is 0.419 e. The first-order valence-corrected chi connectivity index (χ1v) is 6.35. The van der Waals surface area contributed by atoms with Crippen molar-refractivity contribution in [3.8, 4) is 5.75 Å². The predicted molar refractivity (Wildman–Crippen MR) is 71.1 cm³/mol. The molecule has 0 saturated carbocycles. The molecule has 1 aliphatic rings. The van der Waals surface area contributed by atoms with E-state index in [1.54, 1.807) is 0 Å². The molecule has 2 rings (SSSR count). The first-order valence-electron chi connectivity index (χ1n) is 6.35. The van der Waals surface area contributed by atoms with Crippen LogP contribution in [0.4, 0.5) is 18.9 Å². The van der Waals surface area contributed by atoms with Gasteiger partial charge in [0.05, 0.1) is 0 Å². The molecule has 124 valence electrons. The van der Waals surface area contributed by atoms with Gasteiger partial charge in [-0.1, -0.05) is 6.07 Å². The number of anilines is 1. The zero-order valence-electron chi connectivity index (χ0n) is 12.1. The first kappa shape index (κ1) is 16.7. The molecular formula is C14H12F3NO5. The summed E-state index contributed by atoms with van der Waals surface area (Å²) in [7, 11) is 0. The summed E-state index contributed by atoms with van der Waals surface area (Å²) in [5.74, 6) is -3.62. The number of esters is 2. The molecule has 0 atom stereocenters. The van der Waals surface area contributed by atoms with Crippen LogP contribution in [0.25, 0.3) is 0 Å². The molecule has 1 aromatic rings. The average Bonchev–Trinajstić information content (AvgIpc) is 2.34. The summed E-state index contributed by atoms with van der Waals surface area (Å²) in [4.78, 5) is 23.4. The first-order chi connectivity index (χ1) is 10.6. The van der Waals surface area contributed by atoms with E-state index < -0.39 is 35.4 Å². The molecule has 1 aliphatic heterocycles. The lowest BCUT2D eigenvalue weighted by Crippen LogP contribution is -2.42. The minimum Gasteiger partial charge on any atom is -0.419 e. The highest BCUT2D eigenvalue weighted by atomic mass is 19.4. The third kappa shape index (κ3) is 4.63. The molecule has 0 amide bonds. The molecule has 1 heterocycles. The molecule has 0 bridgehead atoms. The number of carbonyl (C=O) groups excluding carboxylic acids is 2. The Bertz CT molecular complexity index is 645. The second-order valence-electron chi connectivity index (χ2n) is 4.96. The highest BCUT2D eigenvalue weighted by molar-refractivity contribution is 6.15. The van der Waals surface area contributed by atoms with E-state index in [9.17, 15) is 22.8 Å². The van der Waals surface area contributed by atoms with E-state index in [0.29, 0.717) is 0 Å². The van der Waals surface area contributed by atoms with Crippen LogP contribution in [0, 0.1) is 0 Å². The van der Waals surface area contributed by atoms with Crippen molar-refractivity contribution in [2.24, 2.45) is 0 Å². The normalized spacial score (nSPS) is 17.2. The Morgan fingerprint density at radius 2 is 1.78 bits per heavy atom. The summed E-state index contributed by atoms with van der Waals surface area (Å²) in [6.07, 6.45) is -3.83. The molecule has 1 fully saturated rings. The lowest BCUT2D eigenvalue weighted by Gasteiger charge is -2.29. The van der Waals surface area contributed by atoms with Crippen LogP contribution in [0.15, 0.2) is 36.0 Å². The van der Waals surface area contributed by atoms with Crippen LogP contribution in [0.5, 0.6) is 5.75 Å². The third-order valence-electron chi connectivity index (χ3n) is 2.57. The summed E-state index contributed by atoms with van der Waals surface area (Å²) >= 11 is 0. The summed E-state index contributed by atoms with van der Waals surface area (Å²) in [5, 5.41) is 2.52. The van der Waals surface area contributed by atoms with Gasteiger partial charge in [0, 0.05) is 31.8 Å². The van der Waals surface area contributed by atoms with Crippen LogP contribution in [0.3, 0.4) is 0 Å². The van der Waals surface area contributed by atoms with Crippen LogP contribution in [-0.2, 0) is 19.1 Å². The van der Waals surface area contributed by atoms with Gasteiger partial charge >= 0.3 is 18.3 Å². The quantitative estimate of drug-likeness (QED) is 0.521. The summed E-state index contributed by atoms with van der Waals surface area (Å²) < 4.78 is 49.9. The van der Waals surface area contributed by atoms with Crippen molar-refractivity contribution in [3.05, 3.63) is 36.0 Å². The number of nitrogens with one attached hydrogen (secondary N) is 1. The van der Waals surface area contributed by atoms with E-state index >= 15 is 0 Å². The maximum Gasteiger partial charge on any atom is 0.573 e. The maximum atomic E-state index is 12.1. The number of ether oxygens (including phenoxy) is 3. The summed E-state index contributed by atoms with van der Waals surface area (Å²) in [6.45, 7) is 2.79. The fourth-order valence-corrected chi connectivity index (χ4v) is 1.72. The van der Waals surface area contributed by atoms with Gasteiger partial charge < -0.3 is 19.5 Å². The molecule has 0 unspecified atom stereocenters. The van der Waals surface area contributed by atoms with Crippen LogP contribution >= 0.6 is 0 Å². The highest BCUT2D eigenvalue weighted by Gasteiger charge is 2.39. The topological polar surface area (TPSA) is 73.9 Å². The SMILES string of the molecule is CC1(C)OC(=O)C(=CNc2cccc(OC(F)(F)F)c2)C(=O)O1. The number of halogens is 3. The van der Waals surface area contributed by atoms with Crippen LogP contribution in [0.1, 0.15) is 13.8 Å². The monoisotopic (exact) mass is 331 g/mol. The van der Waals surface area contributed by atoms with E-state index in [4.69, 9.17) is 9.47 Å². The molecule has 0 radical (unpaired) electrons. The zero-order valence-corrected chi connectivity index (χ0v) is 12.1. The second-order valence-corrected chi connectivity index (χ2v) is 4.96. The number of benzene rings is 1. The Balaban J connectivity index is 2.12. The van der Waals surface area contributed by atoms with Crippen molar-refractivity contribution in [3.63, 3.8) is 0 Å². The second kappa shape index (κ2) is 5.82. The minimum atomic E-state index is -4.82. The van der Waals surface area contributed by atoms with Crippen molar-refractivity contribution in [2.75, 3.05) is 5.32 Å². The van der Waals surface area contributed by atoms with Crippen molar-refractivity contribution < 1.29 is 37.0 Å². The fraction of sp³-hybridized carbons (Fsp3) is 0.286. The van der Waals surface area contributed by atoms with Gasteiger partial charge in [-0.05, 0) is 12.1 Å². The third-order valence-corrected chi connectivity index (χ3v) is 2.57. The minimum absolute atomic E-state index is 0.171. The van der Waals surface area contributed by atoms with Gasteiger partial charge in [-0.3, -0.25) is 0 Å². The number of rotatable bonds is 3. The number of cyclic esters (lactones) is 2. The average molecular weight is 331 g/mol. The van der Waals surface area contributed by atoms with Gasteiger partial charge in [0.1, 0.15) is 5.75 Å². The van der Waals surface area contributed by atoms with Gasteiger partial charge in [0.15, 0.2) is 5.57 Å². The van der Waals surface area contributed by atoms with Gasteiger partial charge in [-0.25, -0.2) is 9.59 Å². The molecule has 6 nitrogen and oxygen atoms in total. The number of hydrogen-bond acceptors (Lipinski definition) is 6. The Hall–Kier alpha value is -2.71.